The van der Waals surface area contributed by atoms with Gasteiger partial charge >= 0.3 is 0 Å². The van der Waals surface area contributed by atoms with Crippen LogP contribution in [0.15, 0.2) is 42.5 Å². The topological polar surface area (TPSA) is 61.9 Å². The number of carbonyl (C=O) groups excluding carboxylic acids is 1. The van der Waals surface area contributed by atoms with Gasteiger partial charge in [0.2, 0.25) is 0 Å². The van der Waals surface area contributed by atoms with Crippen molar-refractivity contribution in [2.75, 3.05) is 6.54 Å². The van der Waals surface area contributed by atoms with Crippen LogP contribution in [0.3, 0.4) is 0 Å². The van der Waals surface area contributed by atoms with Crippen LogP contribution in [-0.2, 0) is 6.42 Å². The first-order valence-electron chi connectivity index (χ1n) is 9.00. The molecule has 3 aromatic rings. The summed E-state index contributed by atoms with van der Waals surface area (Å²) in [5.74, 6) is 0.595. The summed E-state index contributed by atoms with van der Waals surface area (Å²) in [7, 11) is 0. The van der Waals surface area contributed by atoms with Crippen molar-refractivity contribution in [3.63, 3.8) is 0 Å². The van der Waals surface area contributed by atoms with Crippen molar-refractivity contribution in [3.8, 4) is 0 Å². The maximum atomic E-state index is 13.2. The van der Waals surface area contributed by atoms with E-state index in [0.717, 1.165) is 36.8 Å². The van der Waals surface area contributed by atoms with Crippen LogP contribution >= 0.6 is 0 Å². The third-order valence-corrected chi connectivity index (χ3v) is 5.77. The van der Waals surface area contributed by atoms with Crippen molar-refractivity contribution in [1.82, 2.24) is 20.3 Å². The minimum Gasteiger partial charge on any atom is -0.335 e. The summed E-state index contributed by atoms with van der Waals surface area (Å²) < 4.78 is 0. The molecule has 25 heavy (non-hydrogen) atoms. The smallest absolute Gasteiger partial charge is 0.254 e. The zero-order valence-electron chi connectivity index (χ0n) is 14.0. The van der Waals surface area contributed by atoms with Gasteiger partial charge in [0.1, 0.15) is 11.0 Å². The van der Waals surface area contributed by atoms with Crippen molar-refractivity contribution < 1.29 is 4.79 Å². The lowest BCUT2D eigenvalue weighted by Crippen LogP contribution is -2.49. The van der Waals surface area contributed by atoms with E-state index in [0.29, 0.717) is 17.5 Å². The average Bonchev–Trinajstić information content (AvgIpc) is 3.14. The molecule has 1 fully saturated rings. The molecular formula is C20H20N4O. The minimum absolute atomic E-state index is 0.124. The van der Waals surface area contributed by atoms with Crippen molar-refractivity contribution in [2.24, 2.45) is 0 Å². The molecule has 0 radical (unpaired) electrons. The van der Waals surface area contributed by atoms with Crippen molar-refractivity contribution in [1.29, 1.82) is 0 Å². The van der Waals surface area contributed by atoms with Gasteiger partial charge in [-0.1, -0.05) is 24.3 Å². The Morgan fingerprint density at radius 1 is 1.08 bits per heavy atom. The fourth-order valence-electron chi connectivity index (χ4n) is 4.60. The molecule has 1 amide bonds. The number of aryl methyl sites for hydroxylation is 1. The number of rotatable bonds is 1. The highest BCUT2D eigenvalue weighted by molar-refractivity contribution is 5.97. The quantitative estimate of drug-likeness (QED) is 0.744. The third kappa shape index (κ3) is 2.34. The molecule has 1 aliphatic heterocycles. The van der Waals surface area contributed by atoms with Crippen LogP contribution in [0.5, 0.6) is 0 Å². The highest BCUT2D eigenvalue weighted by Crippen LogP contribution is 2.41. The first-order valence-corrected chi connectivity index (χ1v) is 9.00. The molecule has 5 nitrogen and oxygen atoms in total. The number of hydrogen-bond donors (Lipinski definition) is 1. The van der Waals surface area contributed by atoms with Crippen molar-refractivity contribution in [2.45, 2.75) is 37.6 Å². The number of hydrogen-bond acceptors (Lipinski definition) is 3. The van der Waals surface area contributed by atoms with E-state index in [-0.39, 0.29) is 5.91 Å². The van der Waals surface area contributed by atoms with Gasteiger partial charge in [0.05, 0.1) is 0 Å². The molecule has 1 saturated heterocycles. The molecule has 0 bridgehead atoms. The average molecular weight is 332 g/mol. The summed E-state index contributed by atoms with van der Waals surface area (Å²) in [6.07, 6.45) is 4.35. The predicted octanol–water partition coefficient (Wildman–Crippen LogP) is 3.29. The molecular weight excluding hydrogens is 312 g/mol. The minimum atomic E-state index is 0.124. The number of carbonyl (C=O) groups is 1. The van der Waals surface area contributed by atoms with Crippen LogP contribution in [0.25, 0.3) is 11.0 Å². The predicted molar refractivity (Wildman–Crippen MR) is 95.5 cm³/mol. The lowest BCUT2D eigenvalue weighted by molar-refractivity contribution is 0.0547. The monoisotopic (exact) mass is 332 g/mol. The first-order chi connectivity index (χ1) is 12.3. The Kier molecular flexibility index (Phi) is 3.33. The molecule has 2 aromatic carbocycles. The molecule has 5 heteroatoms. The van der Waals surface area contributed by atoms with Crippen molar-refractivity contribution >= 4 is 16.9 Å². The normalized spacial score (nSPS) is 22.5. The third-order valence-electron chi connectivity index (χ3n) is 5.77. The summed E-state index contributed by atoms with van der Waals surface area (Å²) in [5, 5.41) is 10.8. The molecule has 5 rings (SSSR count). The lowest BCUT2D eigenvalue weighted by Gasteiger charge is -2.45. The van der Waals surface area contributed by atoms with Gasteiger partial charge in [0.25, 0.3) is 5.91 Å². The van der Waals surface area contributed by atoms with Gasteiger partial charge in [0, 0.05) is 24.1 Å². The van der Waals surface area contributed by atoms with E-state index in [1.165, 1.54) is 17.5 Å². The van der Waals surface area contributed by atoms with Gasteiger partial charge < -0.3 is 4.90 Å². The molecule has 2 aliphatic rings. The van der Waals surface area contributed by atoms with Crippen LogP contribution in [-0.4, -0.2) is 38.8 Å². The van der Waals surface area contributed by atoms with Crippen LogP contribution in [0.1, 0.15) is 46.7 Å². The summed E-state index contributed by atoms with van der Waals surface area (Å²) in [5.41, 5.74) is 5.15. The SMILES string of the molecule is O=C(c1ccc2n[nH]nc2c1)N1CCCC2c3ccccc3CCC21. The van der Waals surface area contributed by atoms with Gasteiger partial charge in [-0.05, 0) is 55.0 Å². The van der Waals surface area contributed by atoms with E-state index in [4.69, 9.17) is 0 Å². The van der Waals surface area contributed by atoms with E-state index in [1.54, 1.807) is 0 Å². The molecule has 1 N–H and O–H groups in total. The molecule has 2 heterocycles. The maximum Gasteiger partial charge on any atom is 0.254 e. The number of likely N-dealkylation sites (tertiary alicyclic amines) is 1. The standard InChI is InChI=1S/C20H20N4O/c25-20(14-7-9-17-18(12-14)22-23-21-17)24-11-3-6-16-15-5-2-1-4-13(15)8-10-19(16)24/h1-2,4-5,7,9,12,16,19H,3,6,8,10-11H2,(H,21,22,23). The fourth-order valence-corrected chi connectivity index (χ4v) is 4.60. The molecule has 2 atom stereocenters. The number of piperidine rings is 1. The Hall–Kier alpha value is -2.69. The maximum absolute atomic E-state index is 13.2. The Bertz CT molecular complexity index is 948. The number of amides is 1. The molecule has 1 aromatic heterocycles. The van der Waals surface area contributed by atoms with Gasteiger partial charge in [-0.2, -0.15) is 15.4 Å². The van der Waals surface area contributed by atoms with Gasteiger partial charge in [-0.25, -0.2) is 0 Å². The summed E-state index contributed by atoms with van der Waals surface area (Å²) in [6.45, 7) is 0.846. The Morgan fingerprint density at radius 2 is 1.96 bits per heavy atom. The zero-order chi connectivity index (χ0) is 16.8. The number of benzene rings is 2. The largest absolute Gasteiger partial charge is 0.335 e. The first kappa shape index (κ1) is 14.6. The highest BCUT2D eigenvalue weighted by Gasteiger charge is 2.38. The van der Waals surface area contributed by atoms with Crippen LogP contribution in [0.2, 0.25) is 0 Å². The van der Waals surface area contributed by atoms with Crippen LogP contribution in [0, 0.1) is 0 Å². The summed E-state index contributed by atoms with van der Waals surface area (Å²) >= 11 is 0. The van der Waals surface area contributed by atoms with E-state index >= 15 is 0 Å². The van der Waals surface area contributed by atoms with Gasteiger partial charge in [-0.15, -0.1) is 0 Å². The summed E-state index contributed by atoms with van der Waals surface area (Å²) in [4.78, 5) is 15.3. The second-order valence-electron chi connectivity index (χ2n) is 7.08. The van der Waals surface area contributed by atoms with Crippen molar-refractivity contribution in [3.05, 3.63) is 59.2 Å². The lowest BCUT2D eigenvalue weighted by atomic mass is 9.74. The summed E-state index contributed by atoms with van der Waals surface area (Å²) in [6, 6.07) is 14.6. The molecule has 0 spiro atoms. The Morgan fingerprint density at radius 3 is 2.92 bits per heavy atom. The zero-order valence-corrected chi connectivity index (χ0v) is 14.0. The number of nitrogens with one attached hydrogen (secondary N) is 1. The highest BCUT2D eigenvalue weighted by atomic mass is 16.2. The number of aromatic amines is 1. The van der Waals surface area contributed by atoms with Crippen LogP contribution in [0.4, 0.5) is 0 Å². The van der Waals surface area contributed by atoms with E-state index < -0.39 is 0 Å². The second-order valence-corrected chi connectivity index (χ2v) is 7.08. The van der Waals surface area contributed by atoms with Gasteiger partial charge in [0.15, 0.2) is 0 Å². The number of H-pyrrole nitrogens is 1. The number of nitrogens with zero attached hydrogens (tertiary/aromatic N) is 3. The second kappa shape index (κ2) is 5.69. The van der Waals surface area contributed by atoms with E-state index in [9.17, 15) is 4.79 Å². The Balaban J connectivity index is 1.48. The van der Waals surface area contributed by atoms with Crippen LogP contribution < -0.4 is 0 Å². The molecule has 0 saturated carbocycles. The van der Waals surface area contributed by atoms with E-state index in [2.05, 4.69) is 44.6 Å². The van der Waals surface area contributed by atoms with Gasteiger partial charge in [-0.3, -0.25) is 4.79 Å². The molecule has 2 unspecified atom stereocenters. The Labute approximate surface area is 146 Å². The number of fused-ring (bicyclic) bond motifs is 4. The number of aromatic nitrogens is 3. The fraction of sp³-hybridized carbons (Fsp3) is 0.350. The molecule has 126 valence electrons. The van der Waals surface area contributed by atoms with E-state index in [1.807, 2.05) is 18.2 Å². The molecule has 1 aliphatic carbocycles.